The molecule has 0 aliphatic rings. The molecule has 32 heavy (non-hydrogen) atoms. The number of halogens is 1. The van der Waals surface area contributed by atoms with Gasteiger partial charge in [0.1, 0.15) is 17.6 Å². The van der Waals surface area contributed by atoms with Crippen LogP contribution in [0.1, 0.15) is 55.9 Å². The number of amides is 2. The van der Waals surface area contributed by atoms with E-state index in [0.29, 0.717) is 12.2 Å². The summed E-state index contributed by atoms with van der Waals surface area (Å²) >= 11 is 5.97. The van der Waals surface area contributed by atoms with E-state index in [2.05, 4.69) is 15.8 Å². The predicted octanol–water partition coefficient (Wildman–Crippen LogP) is 3.44. The molecule has 1 aromatic heterocycles. The van der Waals surface area contributed by atoms with Crippen LogP contribution in [0, 0.1) is 18.8 Å². The zero-order valence-corrected chi connectivity index (χ0v) is 19.7. The zero-order valence-electron chi connectivity index (χ0n) is 18.9. The fraction of sp³-hybridized carbons (Fsp3) is 0.478. The van der Waals surface area contributed by atoms with Crippen molar-refractivity contribution >= 4 is 29.2 Å². The number of nitrogens with zero attached hydrogens (tertiary/aromatic N) is 1. The molecule has 2 aromatic rings. The second kappa shape index (κ2) is 11.1. The molecular weight excluding hydrogens is 434 g/mol. The molecule has 0 saturated heterocycles. The van der Waals surface area contributed by atoms with E-state index in [1.165, 1.54) is 12.1 Å². The van der Waals surface area contributed by atoms with E-state index in [1.54, 1.807) is 32.9 Å². The average molecular weight is 464 g/mol. The Balaban J connectivity index is 2.20. The molecule has 0 aliphatic carbocycles. The van der Waals surface area contributed by atoms with Crippen molar-refractivity contribution in [2.45, 2.75) is 59.5 Å². The van der Waals surface area contributed by atoms with Crippen molar-refractivity contribution in [3.8, 4) is 5.75 Å². The van der Waals surface area contributed by atoms with Crippen LogP contribution in [-0.4, -0.2) is 39.9 Å². The van der Waals surface area contributed by atoms with E-state index in [4.69, 9.17) is 16.1 Å². The number of phenolic OH excluding ortho intramolecular Hbond substituents is 1. The number of nitrogens with one attached hydrogen (secondary N) is 2. The van der Waals surface area contributed by atoms with E-state index in [9.17, 15) is 19.5 Å². The highest BCUT2D eigenvalue weighted by molar-refractivity contribution is 6.32. The van der Waals surface area contributed by atoms with Crippen LogP contribution in [0.3, 0.4) is 0 Å². The van der Waals surface area contributed by atoms with Gasteiger partial charge < -0.3 is 20.3 Å². The highest BCUT2D eigenvalue weighted by Gasteiger charge is 2.30. The van der Waals surface area contributed by atoms with Crippen molar-refractivity contribution in [2.75, 3.05) is 0 Å². The quantitative estimate of drug-likeness (QED) is 0.496. The maximum absolute atomic E-state index is 13.1. The molecule has 1 aromatic carbocycles. The molecule has 174 valence electrons. The SMILES string of the molecule is Cc1cc(C(=O)N[C@@H](CCc2ccc(O)c(Cl)c2)C(=O)N[C@H](C(=O)C(C)C)C(C)C)no1. The minimum Gasteiger partial charge on any atom is -0.506 e. The number of carbonyl (C=O) groups excluding carboxylic acids is 3. The Bertz CT molecular complexity index is 970. The van der Waals surface area contributed by atoms with Gasteiger partial charge >= 0.3 is 0 Å². The number of hydrogen-bond acceptors (Lipinski definition) is 6. The smallest absolute Gasteiger partial charge is 0.274 e. The van der Waals surface area contributed by atoms with Gasteiger partial charge in [0.2, 0.25) is 5.91 Å². The predicted molar refractivity (Wildman–Crippen MR) is 121 cm³/mol. The van der Waals surface area contributed by atoms with Crippen LogP contribution >= 0.6 is 11.6 Å². The summed E-state index contributed by atoms with van der Waals surface area (Å²) in [5.41, 5.74) is 0.849. The summed E-state index contributed by atoms with van der Waals surface area (Å²) in [6.07, 6.45) is 0.650. The number of Topliss-reactive ketones (excluding diaryl/α,β-unsaturated/α-hetero) is 1. The second-order valence-corrected chi connectivity index (χ2v) is 8.87. The topological polar surface area (TPSA) is 122 Å². The number of aromatic nitrogens is 1. The van der Waals surface area contributed by atoms with Crippen LogP contribution in [-0.2, 0) is 16.0 Å². The third kappa shape index (κ3) is 6.82. The van der Waals surface area contributed by atoms with Crippen LogP contribution in [0.25, 0.3) is 0 Å². The molecule has 8 nitrogen and oxygen atoms in total. The molecule has 9 heteroatoms. The van der Waals surface area contributed by atoms with Crippen LogP contribution in [0.15, 0.2) is 28.8 Å². The van der Waals surface area contributed by atoms with Gasteiger partial charge in [0.25, 0.3) is 5.91 Å². The molecule has 2 rings (SSSR count). The maximum Gasteiger partial charge on any atom is 0.274 e. The van der Waals surface area contributed by atoms with Crippen LogP contribution in [0.5, 0.6) is 5.75 Å². The van der Waals surface area contributed by atoms with Gasteiger partial charge in [-0.2, -0.15) is 0 Å². The number of phenols is 1. The molecule has 0 fully saturated rings. The first kappa shape index (κ1) is 25.4. The Morgan fingerprint density at radius 3 is 2.34 bits per heavy atom. The summed E-state index contributed by atoms with van der Waals surface area (Å²) in [6, 6.07) is 4.65. The number of ketones is 1. The van der Waals surface area contributed by atoms with E-state index < -0.39 is 23.9 Å². The highest BCUT2D eigenvalue weighted by atomic mass is 35.5. The molecule has 0 radical (unpaired) electrons. The maximum atomic E-state index is 13.1. The Morgan fingerprint density at radius 1 is 1.12 bits per heavy atom. The van der Waals surface area contributed by atoms with E-state index >= 15 is 0 Å². The minimum absolute atomic E-state index is 0.0358. The fourth-order valence-corrected chi connectivity index (χ4v) is 3.37. The lowest BCUT2D eigenvalue weighted by Crippen LogP contribution is -2.54. The van der Waals surface area contributed by atoms with Gasteiger partial charge in [0.05, 0.1) is 11.1 Å². The Morgan fingerprint density at radius 2 is 1.81 bits per heavy atom. The van der Waals surface area contributed by atoms with E-state index in [0.717, 1.165) is 5.56 Å². The van der Waals surface area contributed by atoms with Crippen LogP contribution < -0.4 is 10.6 Å². The number of aryl methyl sites for hydroxylation is 2. The van der Waals surface area contributed by atoms with Gasteiger partial charge in [-0.25, -0.2) is 0 Å². The molecule has 0 bridgehead atoms. The first-order valence-electron chi connectivity index (χ1n) is 10.5. The first-order valence-corrected chi connectivity index (χ1v) is 10.9. The van der Waals surface area contributed by atoms with Gasteiger partial charge in [-0.15, -0.1) is 0 Å². The van der Waals surface area contributed by atoms with E-state index in [1.807, 2.05) is 13.8 Å². The average Bonchev–Trinajstić information content (AvgIpc) is 3.17. The molecule has 0 unspecified atom stereocenters. The largest absolute Gasteiger partial charge is 0.506 e. The zero-order chi connectivity index (χ0) is 24.0. The summed E-state index contributed by atoms with van der Waals surface area (Å²) in [4.78, 5) is 38.3. The molecule has 0 aliphatic heterocycles. The van der Waals surface area contributed by atoms with Crippen LogP contribution in [0.4, 0.5) is 0 Å². The summed E-state index contributed by atoms with van der Waals surface area (Å²) in [6.45, 7) is 8.94. The lowest BCUT2D eigenvalue weighted by Gasteiger charge is -2.26. The summed E-state index contributed by atoms with van der Waals surface area (Å²) in [5, 5.41) is 19.0. The van der Waals surface area contributed by atoms with Gasteiger partial charge in [0, 0.05) is 12.0 Å². The highest BCUT2D eigenvalue weighted by Crippen LogP contribution is 2.24. The summed E-state index contributed by atoms with van der Waals surface area (Å²) in [5.74, 6) is -1.01. The number of aromatic hydroxyl groups is 1. The van der Waals surface area contributed by atoms with Crippen molar-refractivity contribution in [1.29, 1.82) is 0 Å². The number of benzene rings is 1. The lowest BCUT2D eigenvalue weighted by molar-refractivity contribution is -0.131. The van der Waals surface area contributed by atoms with Crippen molar-refractivity contribution in [3.05, 3.63) is 46.3 Å². The Labute approximate surface area is 192 Å². The second-order valence-electron chi connectivity index (χ2n) is 8.46. The van der Waals surface area contributed by atoms with Crippen molar-refractivity contribution in [3.63, 3.8) is 0 Å². The van der Waals surface area contributed by atoms with Crippen LogP contribution in [0.2, 0.25) is 5.02 Å². The lowest BCUT2D eigenvalue weighted by atomic mass is 9.92. The Hall–Kier alpha value is -2.87. The number of rotatable bonds is 10. The molecule has 2 amide bonds. The first-order chi connectivity index (χ1) is 15.0. The number of hydrogen-bond donors (Lipinski definition) is 3. The molecule has 1 heterocycles. The molecule has 2 atom stereocenters. The number of carbonyl (C=O) groups is 3. The molecule has 0 spiro atoms. The van der Waals surface area contributed by atoms with Crippen molar-refractivity contribution < 1.29 is 24.0 Å². The Kier molecular flexibility index (Phi) is 8.83. The normalized spacial score (nSPS) is 13.1. The molecule has 0 saturated carbocycles. The molecule has 3 N–H and O–H groups in total. The third-order valence-electron chi connectivity index (χ3n) is 5.06. The van der Waals surface area contributed by atoms with Crippen molar-refractivity contribution in [2.24, 2.45) is 11.8 Å². The minimum atomic E-state index is -0.923. The van der Waals surface area contributed by atoms with Crippen molar-refractivity contribution in [1.82, 2.24) is 15.8 Å². The van der Waals surface area contributed by atoms with Gasteiger partial charge in [-0.05, 0) is 43.4 Å². The molecular formula is C23H30ClN3O5. The monoisotopic (exact) mass is 463 g/mol. The van der Waals surface area contributed by atoms with Gasteiger partial charge in [-0.1, -0.05) is 50.5 Å². The fourth-order valence-electron chi connectivity index (χ4n) is 3.17. The van der Waals surface area contributed by atoms with Gasteiger partial charge in [-0.3, -0.25) is 14.4 Å². The summed E-state index contributed by atoms with van der Waals surface area (Å²) in [7, 11) is 0. The van der Waals surface area contributed by atoms with E-state index in [-0.39, 0.29) is 40.5 Å². The van der Waals surface area contributed by atoms with Gasteiger partial charge in [0.15, 0.2) is 11.5 Å². The standard InChI is InChI=1S/C23H30ClN3O5/c1-12(2)20(21(29)13(3)4)26-22(30)17(25-23(31)18-10-14(5)32-27-18)8-6-15-7-9-19(28)16(24)11-15/h7,9-13,17,20,28H,6,8H2,1-5H3,(H,25,31)(H,26,30)/t17-,20-/m0/s1. The third-order valence-corrected chi connectivity index (χ3v) is 5.36. The summed E-state index contributed by atoms with van der Waals surface area (Å²) < 4.78 is 4.94.